The van der Waals surface area contributed by atoms with Gasteiger partial charge in [0.05, 0.1) is 6.54 Å². The zero-order valence-corrected chi connectivity index (χ0v) is 9.14. The Kier molecular flexibility index (Phi) is 3.98. The van der Waals surface area contributed by atoms with Crippen LogP contribution in [0, 0.1) is 0 Å². The topological polar surface area (TPSA) is 96.0 Å². The number of rotatable bonds is 4. The van der Waals surface area contributed by atoms with Crippen molar-refractivity contribution in [3.05, 3.63) is 5.01 Å². The Balaban J connectivity index is 2.50. The van der Waals surface area contributed by atoms with Gasteiger partial charge in [-0.25, -0.2) is 0 Å². The summed E-state index contributed by atoms with van der Waals surface area (Å²) in [5, 5.41) is 15.7. The van der Waals surface area contributed by atoms with Gasteiger partial charge in [-0.05, 0) is 0 Å². The van der Waals surface area contributed by atoms with E-state index in [1.165, 1.54) is 7.05 Å². The van der Waals surface area contributed by atoms with Crippen LogP contribution in [-0.2, 0) is 4.79 Å². The van der Waals surface area contributed by atoms with E-state index in [0.717, 1.165) is 11.3 Å². The maximum Gasteiger partial charge on any atom is 0.282 e. The predicted molar refractivity (Wildman–Crippen MR) is 55.9 cm³/mol. The lowest BCUT2D eigenvalue weighted by molar-refractivity contribution is -0.119. The lowest BCUT2D eigenvalue weighted by Gasteiger charge is -2.00. The van der Waals surface area contributed by atoms with Crippen LogP contribution < -0.4 is 16.0 Å². The van der Waals surface area contributed by atoms with Crippen LogP contribution >= 0.6 is 11.3 Å². The third-order valence-electron chi connectivity index (χ3n) is 1.52. The molecule has 0 bridgehead atoms. The molecule has 0 fully saturated rings. The number of nitrogens with zero attached hydrogens (tertiary/aromatic N) is 2. The highest BCUT2D eigenvalue weighted by molar-refractivity contribution is 7.17. The Morgan fingerprint density at radius 3 is 2.60 bits per heavy atom. The van der Waals surface area contributed by atoms with E-state index in [0.29, 0.717) is 5.13 Å². The normalized spacial score (nSPS) is 9.47. The van der Waals surface area contributed by atoms with Crippen molar-refractivity contribution in [2.75, 3.05) is 26.0 Å². The zero-order chi connectivity index (χ0) is 11.3. The number of carbonyl (C=O) groups is 2. The van der Waals surface area contributed by atoms with E-state index < -0.39 is 5.91 Å². The molecule has 2 amide bonds. The molecule has 3 N–H and O–H groups in total. The lowest BCUT2D eigenvalue weighted by Crippen LogP contribution is -2.35. The SMILES string of the molecule is CNC(=O)CNC(=O)c1nnc(NC)s1. The first-order chi connectivity index (χ1) is 7.17. The number of hydrogen-bond donors (Lipinski definition) is 3. The summed E-state index contributed by atoms with van der Waals surface area (Å²) in [5.74, 6) is -0.667. The Morgan fingerprint density at radius 1 is 1.33 bits per heavy atom. The minimum Gasteiger partial charge on any atom is -0.363 e. The van der Waals surface area contributed by atoms with Crippen molar-refractivity contribution in [1.82, 2.24) is 20.8 Å². The summed E-state index contributed by atoms with van der Waals surface area (Å²) in [5.41, 5.74) is 0. The van der Waals surface area contributed by atoms with Crippen LogP contribution in [0.15, 0.2) is 0 Å². The molecule has 82 valence electrons. The number of anilines is 1. The van der Waals surface area contributed by atoms with E-state index in [2.05, 4.69) is 26.1 Å². The molecule has 0 aliphatic rings. The number of amides is 2. The molecule has 0 unspecified atom stereocenters. The summed E-state index contributed by atoms with van der Waals surface area (Å²) in [4.78, 5) is 22.2. The van der Waals surface area contributed by atoms with Crippen LogP contribution in [0.2, 0.25) is 0 Å². The van der Waals surface area contributed by atoms with Gasteiger partial charge in [0.15, 0.2) is 0 Å². The fourth-order valence-electron chi connectivity index (χ4n) is 0.741. The molecule has 1 aromatic heterocycles. The maximum absolute atomic E-state index is 11.4. The molecule has 0 spiro atoms. The molecule has 1 rings (SSSR count). The molecule has 8 heteroatoms. The highest BCUT2D eigenvalue weighted by Crippen LogP contribution is 2.13. The van der Waals surface area contributed by atoms with Gasteiger partial charge in [-0.15, -0.1) is 10.2 Å². The van der Waals surface area contributed by atoms with Gasteiger partial charge >= 0.3 is 0 Å². The molecule has 0 atom stereocenters. The highest BCUT2D eigenvalue weighted by Gasteiger charge is 2.12. The van der Waals surface area contributed by atoms with Gasteiger partial charge in [0.2, 0.25) is 16.0 Å². The second kappa shape index (κ2) is 5.25. The molecule has 0 radical (unpaired) electrons. The van der Waals surface area contributed by atoms with Crippen LogP contribution in [0.3, 0.4) is 0 Å². The summed E-state index contributed by atoms with van der Waals surface area (Å²) >= 11 is 1.12. The molecule has 0 aliphatic carbocycles. The van der Waals surface area contributed by atoms with Crippen LogP contribution in [0.4, 0.5) is 5.13 Å². The zero-order valence-electron chi connectivity index (χ0n) is 8.33. The van der Waals surface area contributed by atoms with Crippen molar-refractivity contribution < 1.29 is 9.59 Å². The van der Waals surface area contributed by atoms with Crippen molar-refractivity contribution in [3.8, 4) is 0 Å². The van der Waals surface area contributed by atoms with E-state index in [1.807, 2.05) is 0 Å². The molecular formula is C7H11N5O2S. The van der Waals surface area contributed by atoms with E-state index in [-0.39, 0.29) is 17.5 Å². The van der Waals surface area contributed by atoms with E-state index >= 15 is 0 Å². The minimum absolute atomic E-state index is 0.0657. The molecule has 1 heterocycles. The Morgan fingerprint density at radius 2 is 2.07 bits per heavy atom. The first-order valence-corrected chi connectivity index (χ1v) is 4.99. The Labute approximate surface area is 90.3 Å². The third kappa shape index (κ3) is 3.17. The maximum atomic E-state index is 11.4. The highest BCUT2D eigenvalue weighted by atomic mass is 32.1. The fraction of sp³-hybridized carbons (Fsp3) is 0.429. The summed E-state index contributed by atoms with van der Waals surface area (Å²) in [6.45, 7) is -0.0657. The average molecular weight is 229 g/mol. The molecule has 0 aliphatic heterocycles. The van der Waals surface area contributed by atoms with Gasteiger partial charge in [0, 0.05) is 14.1 Å². The summed E-state index contributed by atoms with van der Waals surface area (Å²) in [6.07, 6.45) is 0. The van der Waals surface area contributed by atoms with Crippen molar-refractivity contribution in [1.29, 1.82) is 0 Å². The Hall–Kier alpha value is -1.70. The Bertz CT molecular complexity index is 364. The third-order valence-corrected chi connectivity index (χ3v) is 2.46. The number of carbonyl (C=O) groups excluding carboxylic acids is 2. The van der Waals surface area contributed by atoms with Crippen LogP contribution in [0.1, 0.15) is 9.80 Å². The summed E-state index contributed by atoms with van der Waals surface area (Å²) in [7, 11) is 3.19. The molecule has 15 heavy (non-hydrogen) atoms. The second-order valence-electron chi connectivity index (χ2n) is 2.52. The van der Waals surface area contributed by atoms with Gasteiger partial charge in [0.25, 0.3) is 5.91 Å². The van der Waals surface area contributed by atoms with Gasteiger partial charge < -0.3 is 16.0 Å². The van der Waals surface area contributed by atoms with E-state index in [4.69, 9.17) is 0 Å². The quantitative estimate of drug-likeness (QED) is 0.619. The average Bonchev–Trinajstić information content (AvgIpc) is 2.73. The lowest BCUT2D eigenvalue weighted by atomic mass is 10.5. The first kappa shape index (κ1) is 11.4. The van der Waals surface area contributed by atoms with E-state index in [1.54, 1.807) is 7.05 Å². The van der Waals surface area contributed by atoms with Crippen molar-refractivity contribution in [2.24, 2.45) is 0 Å². The molecule has 0 saturated carbocycles. The van der Waals surface area contributed by atoms with Crippen LogP contribution in [0.25, 0.3) is 0 Å². The standard InChI is InChI=1S/C7H11N5O2S/c1-8-4(13)3-10-5(14)6-11-12-7(9-2)15-6/h3H2,1-2H3,(H,8,13)(H,9,12)(H,10,14). The molecule has 0 saturated heterocycles. The van der Waals surface area contributed by atoms with Crippen molar-refractivity contribution in [2.45, 2.75) is 0 Å². The number of likely N-dealkylation sites (N-methyl/N-ethyl adjacent to an activating group) is 1. The van der Waals surface area contributed by atoms with Crippen LogP contribution in [-0.4, -0.2) is 42.7 Å². The number of hydrogen-bond acceptors (Lipinski definition) is 6. The summed E-state index contributed by atoms with van der Waals surface area (Å²) < 4.78 is 0. The van der Waals surface area contributed by atoms with Crippen molar-refractivity contribution in [3.63, 3.8) is 0 Å². The molecule has 7 nitrogen and oxygen atoms in total. The van der Waals surface area contributed by atoms with Gasteiger partial charge in [-0.2, -0.15) is 0 Å². The van der Waals surface area contributed by atoms with Crippen LogP contribution in [0.5, 0.6) is 0 Å². The second-order valence-corrected chi connectivity index (χ2v) is 3.50. The largest absolute Gasteiger partial charge is 0.363 e. The van der Waals surface area contributed by atoms with Gasteiger partial charge in [-0.1, -0.05) is 11.3 Å². The van der Waals surface area contributed by atoms with Gasteiger partial charge in [-0.3, -0.25) is 9.59 Å². The van der Waals surface area contributed by atoms with Gasteiger partial charge in [0.1, 0.15) is 0 Å². The minimum atomic E-state index is -0.405. The predicted octanol–water partition coefficient (Wildman–Crippen LogP) is -0.944. The molecule has 0 aromatic carbocycles. The monoisotopic (exact) mass is 229 g/mol. The van der Waals surface area contributed by atoms with E-state index in [9.17, 15) is 9.59 Å². The number of nitrogens with one attached hydrogen (secondary N) is 3. The smallest absolute Gasteiger partial charge is 0.282 e. The first-order valence-electron chi connectivity index (χ1n) is 4.17. The summed E-state index contributed by atoms with van der Waals surface area (Å²) in [6, 6.07) is 0. The molecule has 1 aromatic rings. The van der Waals surface area contributed by atoms with Crippen molar-refractivity contribution >= 4 is 28.3 Å². The fourth-order valence-corrected chi connectivity index (χ4v) is 1.35. The molecular weight excluding hydrogens is 218 g/mol. The number of aromatic nitrogens is 2.